The third-order valence-electron chi connectivity index (χ3n) is 3.95. The maximum absolute atomic E-state index is 13.5. The van der Waals surface area contributed by atoms with Gasteiger partial charge < -0.3 is 24.2 Å². The Morgan fingerprint density at radius 3 is 2.37 bits per heavy atom. The van der Waals surface area contributed by atoms with Crippen molar-refractivity contribution in [3.8, 4) is 11.5 Å². The first kappa shape index (κ1) is 21.2. The second-order valence-electron chi connectivity index (χ2n) is 5.79. The molecule has 0 radical (unpaired) electrons. The number of hydrogen-bond acceptors (Lipinski definition) is 8. The van der Waals surface area contributed by atoms with Crippen LogP contribution in [-0.2, 0) is 13.6 Å². The first-order valence-electron chi connectivity index (χ1n) is 8.70. The van der Waals surface area contributed by atoms with Crippen LogP contribution in [0.15, 0.2) is 30.9 Å². The highest BCUT2D eigenvalue weighted by Gasteiger charge is 2.37. The van der Waals surface area contributed by atoms with E-state index in [1.807, 2.05) is 0 Å². The monoisotopic (exact) mass is 395 g/mol. The molecule has 0 saturated heterocycles. The lowest BCUT2D eigenvalue weighted by atomic mass is 10.1. The van der Waals surface area contributed by atoms with Crippen molar-refractivity contribution in [2.45, 2.75) is 26.4 Å². The van der Waals surface area contributed by atoms with E-state index in [9.17, 15) is 9.67 Å². The van der Waals surface area contributed by atoms with Crippen LogP contribution in [0.2, 0.25) is 0 Å². The number of benzene rings is 1. The van der Waals surface area contributed by atoms with Crippen LogP contribution < -0.4 is 10.1 Å². The molecule has 0 spiro atoms. The molecule has 0 aliphatic carbocycles. The average molecular weight is 395 g/mol. The van der Waals surface area contributed by atoms with E-state index in [0.717, 1.165) is 0 Å². The number of rotatable bonds is 10. The van der Waals surface area contributed by atoms with E-state index in [4.69, 9.17) is 13.8 Å². The quantitative estimate of drug-likeness (QED) is 0.584. The second kappa shape index (κ2) is 9.69. The molecule has 0 bridgehead atoms. The van der Waals surface area contributed by atoms with Gasteiger partial charge in [0.25, 0.3) is 0 Å². The molecule has 0 fully saturated rings. The van der Waals surface area contributed by atoms with Gasteiger partial charge in [-0.05, 0) is 38.0 Å². The fourth-order valence-corrected chi connectivity index (χ4v) is 4.70. The maximum atomic E-state index is 13.5. The summed E-state index contributed by atoms with van der Waals surface area (Å²) in [5, 5.41) is 13.3. The summed E-state index contributed by atoms with van der Waals surface area (Å²) in [5.41, 5.74) is 1.35. The van der Waals surface area contributed by atoms with Gasteiger partial charge in [0.05, 0.1) is 38.4 Å². The molecule has 1 aromatic carbocycles. The predicted molar refractivity (Wildman–Crippen MR) is 104 cm³/mol. The minimum Gasteiger partial charge on any atom is -0.504 e. The Labute approximate surface area is 159 Å². The number of methoxy groups -OCH3 is 1. The lowest BCUT2D eigenvalue weighted by Crippen LogP contribution is -2.17. The van der Waals surface area contributed by atoms with E-state index in [2.05, 4.69) is 15.3 Å². The molecule has 148 valence electrons. The molecule has 1 heterocycles. The second-order valence-corrected chi connectivity index (χ2v) is 8.01. The zero-order valence-electron chi connectivity index (χ0n) is 16.0. The highest BCUT2D eigenvalue weighted by Crippen LogP contribution is 2.61. The van der Waals surface area contributed by atoms with Crippen molar-refractivity contribution in [2.24, 2.45) is 0 Å². The molecule has 27 heavy (non-hydrogen) atoms. The normalized spacial score (nSPS) is 12.6. The Kier molecular flexibility index (Phi) is 7.59. The molecular weight excluding hydrogens is 369 g/mol. The topological polar surface area (TPSA) is 103 Å². The highest BCUT2D eigenvalue weighted by atomic mass is 31.2. The van der Waals surface area contributed by atoms with Crippen molar-refractivity contribution < 1.29 is 23.5 Å². The van der Waals surface area contributed by atoms with Gasteiger partial charge in [-0.15, -0.1) is 0 Å². The van der Waals surface area contributed by atoms with Crippen LogP contribution in [0.5, 0.6) is 11.5 Å². The molecule has 2 rings (SSSR count). The highest BCUT2D eigenvalue weighted by molar-refractivity contribution is 7.54. The van der Waals surface area contributed by atoms with Gasteiger partial charge in [-0.25, -0.2) is 9.97 Å². The summed E-state index contributed by atoms with van der Waals surface area (Å²) in [6, 6.07) is 3.41. The molecule has 1 atom stereocenters. The summed E-state index contributed by atoms with van der Waals surface area (Å²) in [4.78, 5) is 7.93. The molecule has 0 aliphatic heterocycles. The van der Waals surface area contributed by atoms with Gasteiger partial charge in [0, 0.05) is 6.54 Å². The third kappa shape index (κ3) is 5.19. The van der Waals surface area contributed by atoms with Gasteiger partial charge in [0.15, 0.2) is 11.5 Å². The molecule has 8 nitrogen and oxygen atoms in total. The van der Waals surface area contributed by atoms with E-state index in [0.29, 0.717) is 22.6 Å². The smallest absolute Gasteiger partial charge is 0.339 e. The Bertz CT molecular complexity index is 778. The minimum atomic E-state index is -3.49. The standard InChI is InChI=1S/C18H26N3O5P/c1-5-25-27(23,26-6-2)17(11-21-15-9-19-12-20-10-15)14-7-13(3)18(22)16(8-14)24-4/h7-10,12,17,21-22H,5-6,11H2,1-4H3. The van der Waals surface area contributed by atoms with Crippen LogP contribution in [0.4, 0.5) is 5.69 Å². The van der Waals surface area contributed by atoms with Crippen LogP contribution in [0, 0.1) is 6.92 Å². The zero-order valence-corrected chi connectivity index (χ0v) is 16.9. The van der Waals surface area contributed by atoms with Crippen LogP contribution in [0.3, 0.4) is 0 Å². The Hall–Kier alpha value is -2.15. The molecule has 0 saturated carbocycles. The Morgan fingerprint density at radius 1 is 1.19 bits per heavy atom. The molecule has 0 aliphatic rings. The molecule has 0 amide bonds. The Balaban J connectivity index is 2.45. The van der Waals surface area contributed by atoms with Crippen molar-refractivity contribution in [1.29, 1.82) is 0 Å². The number of ether oxygens (including phenoxy) is 1. The van der Waals surface area contributed by atoms with Crippen molar-refractivity contribution in [3.63, 3.8) is 0 Å². The van der Waals surface area contributed by atoms with E-state index in [1.165, 1.54) is 13.4 Å². The minimum absolute atomic E-state index is 0.0482. The van der Waals surface area contributed by atoms with Crippen molar-refractivity contribution in [2.75, 3.05) is 32.2 Å². The molecule has 9 heteroatoms. The van der Waals surface area contributed by atoms with Crippen molar-refractivity contribution in [3.05, 3.63) is 42.0 Å². The number of phenolic OH excluding ortho intramolecular Hbond substituents is 1. The van der Waals surface area contributed by atoms with Gasteiger partial charge in [-0.2, -0.15) is 0 Å². The van der Waals surface area contributed by atoms with Crippen molar-refractivity contribution >= 4 is 13.3 Å². The van der Waals surface area contributed by atoms with Crippen LogP contribution in [-0.4, -0.2) is 41.9 Å². The van der Waals surface area contributed by atoms with Crippen molar-refractivity contribution in [1.82, 2.24) is 9.97 Å². The first-order valence-corrected chi connectivity index (χ1v) is 10.3. The van der Waals surface area contributed by atoms with Crippen LogP contribution in [0.25, 0.3) is 0 Å². The lowest BCUT2D eigenvalue weighted by Gasteiger charge is -2.28. The molecule has 2 N–H and O–H groups in total. The summed E-state index contributed by atoms with van der Waals surface area (Å²) in [5.74, 6) is 0.352. The molecule has 1 unspecified atom stereocenters. The number of aryl methyl sites for hydroxylation is 1. The van der Waals surface area contributed by atoms with Gasteiger partial charge in [0.1, 0.15) is 12.0 Å². The van der Waals surface area contributed by atoms with Gasteiger partial charge in [-0.1, -0.05) is 6.07 Å². The van der Waals surface area contributed by atoms with E-state index in [1.54, 1.807) is 45.3 Å². The number of hydrogen-bond donors (Lipinski definition) is 2. The number of nitrogens with one attached hydrogen (secondary N) is 1. The number of phenols is 1. The fourth-order valence-electron chi connectivity index (χ4n) is 2.72. The lowest BCUT2D eigenvalue weighted by molar-refractivity contribution is 0.213. The summed E-state index contributed by atoms with van der Waals surface area (Å²) >= 11 is 0. The number of nitrogens with zero attached hydrogens (tertiary/aromatic N) is 2. The Morgan fingerprint density at radius 2 is 1.81 bits per heavy atom. The third-order valence-corrected chi connectivity index (χ3v) is 6.43. The number of anilines is 1. The van der Waals surface area contributed by atoms with Gasteiger partial charge >= 0.3 is 7.60 Å². The SMILES string of the molecule is CCOP(=O)(OCC)C(CNc1cncnc1)c1cc(C)c(O)c(OC)c1. The summed E-state index contributed by atoms with van der Waals surface area (Å²) < 4.78 is 29.9. The van der Waals surface area contributed by atoms with Crippen LogP contribution >= 0.6 is 7.60 Å². The molecule has 2 aromatic rings. The van der Waals surface area contributed by atoms with Crippen LogP contribution in [0.1, 0.15) is 30.6 Å². The largest absolute Gasteiger partial charge is 0.504 e. The average Bonchev–Trinajstić information content (AvgIpc) is 2.65. The van der Waals surface area contributed by atoms with E-state index < -0.39 is 13.3 Å². The van der Waals surface area contributed by atoms with E-state index >= 15 is 0 Å². The molecular formula is C18H26N3O5P. The summed E-state index contributed by atoms with van der Waals surface area (Å²) in [6.45, 7) is 6.04. The van der Waals surface area contributed by atoms with Gasteiger partial charge in [0.2, 0.25) is 0 Å². The van der Waals surface area contributed by atoms with E-state index in [-0.39, 0.29) is 25.5 Å². The summed E-state index contributed by atoms with van der Waals surface area (Å²) in [7, 11) is -2.02. The zero-order chi connectivity index (χ0) is 19.9. The maximum Gasteiger partial charge on any atom is 0.339 e. The number of aromatic nitrogens is 2. The fraction of sp³-hybridized carbons (Fsp3) is 0.444. The number of aromatic hydroxyl groups is 1. The first-order chi connectivity index (χ1) is 12.9. The molecule has 1 aromatic heterocycles. The predicted octanol–water partition coefficient (Wildman–Crippen LogP) is 3.92. The van der Waals surface area contributed by atoms with Gasteiger partial charge in [-0.3, -0.25) is 4.57 Å². The summed E-state index contributed by atoms with van der Waals surface area (Å²) in [6.07, 6.45) is 4.68.